The van der Waals surface area contributed by atoms with Crippen molar-refractivity contribution in [2.45, 2.75) is 25.3 Å². The van der Waals surface area contributed by atoms with Crippen LogP contribution in [0.2, 0.25) is 0 Å². The quantitative estimate of drug-likeness (QED) is 0.230. The summed E-state index contributed by atoms with van der Waals surface area (Å²) in [6.07, 6.45) is 7.27. The topological polar surface area (TPSA) is 58.7 Å². The van der Waals surface area contributed by atoms with E-state index in [0.29, 0.717) is 11.1 Å². The Hall–Kier alpha value is -4.29. The molecule has 186 valence electrons. The maximum atomic E-state index is 12.8. The van der Waals surface area contributed by atoms with Gasteiger partial charge < -0.3 is 4.42 Å². The predicted molar refractivity (Wildman–Crippen MR) is 154 cm³/mol. The van der Waals surface area contributed by atoms with Crippen LogP contribution in [0.3, 0.4) is 0 Å². The average Bonchev–Trinajstić information content (AvgIpc) is 3.60. The summed E-state index contributed by atoms with van der Waals surface area (Å²) in [6.45, 7) is 0. The Kier molecular flexibility index (Phi) is 5.74. The summed E-state index contributed by atoms with van der Waals surface area (Å²) < 4.78 is 5.59. The van der Waals surface area contributed by atoms with Gasteiger partial charge in [0.1, 0.15) is 5.58 Å². The molecule has 6 heteroatoms. The van der Waals surface area contributed by atoms with Gasteiger partial charge in [0.2, 0.25) is 5.13 Å². The van der Waals surface area contributed by atoms with Crippen LogP contribution in [-0.4, -0.2) is 10.7 Å². The van der Waals surface area contributed by atoms with Crippen LogP contribution in [0.5, 0.6) is 0 Å². The first-order valence-corrected chi connectivity index (χ1v) is 13.7. The first kappa shape index (κ1) is 22.9. The zero-order valence-electron chi connectivity index (χ0n) is 20.7. The summed E-state index contributed by atoms with van der Waals surface area (Å²) in [6, 6.07) is 30.6. The van der Waals surface area contributed by atoms with Gasteiger partial charge in [-0.1, -0.05) is 90.2 Å². The maximum Gasteiger partial charge on any atom is 0.345 e. The van der Waals surface area contributed by atoms with Crippen molar-refractivity contribution in [2.24, 2.45) is 11.0 Å². The number of hydrazone groups is 1. The van der Waals surface area contributed by atoms with Crippen LogP contribution < -0.4 is 10.6 Å². The molecule has 0 spiro atoms. The molecule has 0 bridgehead atoms. The molecule has 3 aromatic carbocycles. The SMILES string of the molecule is O=c1oc2ccccc2cc1-c1cnc(N2N=C3/C(=C\c4ccccc4)CCCC3C2c2ccccc2)s1. The molecule has 0 N–H and O–H groups in total. The second-order valence-corrected chi connectivity index (χ2v) is 10.8. The summed E-state index contributed by atoms with van der Waals surface area (Å²) in [5.74, 6) is 0.277. The average molecular weight is 516 g/mol. The minimum Gasteiger partial charge on any atom is -0.422 e. The molecule has 2 aliphatic rings. The lowest BCUT2D eigenvalue weighted by molar-refractivity contribution is 0.487. The highest BCUT2D eigenvalue weighted by atomic mass is 32.1. The Morgan fingerprint density at radius 1 is 0.947 bits per heavy atom. The standard InChI is InChI=1S/C32H25N3O2S/c36-31-26(19-23-14-7-8-17-27(23)37-31)28-20-33-32(38-28)35-30(22-12-5-2-6-13-22)25-16-9-15-24(29(25)34-35)18-21-10-3-1-4-11-21/h1-8,10-14,17-20,25,30H,9,15-16H2/b24-18-. The van der Waals surface area contributed by atoms with Crippen molar-refractivity contribution in [1.82, 2.24) is 4.98 Å². The Labute approximate surface area is 224 Å². The molecule has 2 aromatic heterocycles. The van der Waals surface area contributed by atoms with Gasteiger partial charge in [-0.2, -0.15) is 5.10 Å². The molecule has 1 aliphatic heterocycles. The minimum absolute atomic E-state index is 0.0534. The first-order valence-electron chi connectivity index (χ1n) is 12.9. The van der Waals surface area contributed by atoms with E-state index >= 15 is 0 Å². The fourth-order valence-electron chi connectivity index (χ4n) is 5.62. The van der Waals surface area contributed by atoms with E-state index in [2.05, 4.69) is 59.6 Å². The monoisotopic (exact) mass is 515 g/mol. The normalized spacial score (nSPS) is 20.1. The van der Waals surface area contributed by atoms with Gasteiger partial charge in [0.05, 0.1) is 22.2 Å². The number of rotatable bonds is 4. The Morgan fingerprint density at radius 2 is 1.71 bits per heavy atom. The molecule has 5 aromatic rings. The van der Waals surface area contributed by atoms with E-state index in [-0.39, 0.29) is 17.6 Å². The van der Waals surface area contributed by atoms with Crippen LogP contribution in [0.1, 0.15) is 36.4 Å². The van der Waals surface area contributed by atoms with Crippen LogP contribution in [0.4, 0.5) is 5.13 Å². The molecule has 0 amide bonds. The van der Waals surface area contributed by atoms with Crippen molar-refractivity contribution in [3.8, 4) is 10.4 Å². The molecule has 5 nitrogen and oxygen atoms in total. The minimum atomic E-state index is -0.354. The van der Waals surface area contributed by atoms with Crippen LogP contribution >= 0.6 is 11.3 Å². The second-order valence-electron chi connectivity index (χ2n) is 9.76. The Morgan fingerprint density at radius 3 is 2.55 bits per heavy atom. The number of hydrogen-bond donors (Lipinski definition) is 0. The molecule has 1 aliphatic carbocycles. The highest BCUT2D eigenvalue weighted by Gasteiger charge is 2.42. The van der Waals surface area contributed by atoms with Crippen LogP contribution in [0.15, 0.2) is 117 Å². The van der Waals surface area contributed by atoms with Crippen molar-refractivity contribution >= 4 is 39.2 Å². The molecule has 38 heavy (non-hydrogen) atoms. The largest absolute Gasteiger partial charge is 0.422 e. The molecule has 1 fully saturated rings. The summed E-state index contributed by atoms with van der Waals surface area (Å²) in [5.41, 5.74) is 5.62. The zero-order chi connectivity index (χ0) is 25.5. The lowest BCUT2D eigenvalue weighted by atomic mass is 9.77. The van der Waals surface area contributed by atoms with Gasteiger partial charge in [-0.25, -0.2) is 14.8 Å². The molecule has 0 radical (unpaired) electrons. The van der Waals surface area contributed by atoms with E-state index in [4.69, 9.17) is 14.5 Å². The van der Waals surface area contributed by atoms with E-state index in [1.807, 2.05) is 42.5 Å². The molecule has 2 atom stereocenters. The Balaban J connectivity index is 1.32. The van der Waals surface area contributed by atoms with E-state index in [1.165, 1.54) is 28.0 Å². The third-order valence-corrected chi connectivity index (χ3v) is 8.40. The van der Waals surface area contributed by atoms with Crippen molar-refractivity contribution in [1.29, 1.82) is 0 Å². The zero-order valence-corrected chi connectivity index (χ0v) is 21.5. The number of aromatic nitrogens is 1. The lowest BCUT2D eigenvalue weighted by Gasteiger charge is -2.29. The second kappa shape index (κ2) is 9.54. The molecule has 2 unspecified atom stereocenters. The first-order chi connectivity index (χ1) is 18.7. The summed E-state index contributed by atoms with van der Waals surface area (Å²) in [7, 11) is 0. The van der Waals surface area contributed by atoms with Crippen LogP contribution in [0.25, 0.3) is 27.5 Å². The van der Waals surface area contributed by atoms with Gasteiger partial charge in [0.25, 0.3) is 0 Å². The summed E-state index contributed by atoms with van der Waals surface area (Å²) in [4.78, 5) is 18.4. The van der Waals surface area contributed by atoms with Crippen molar-refractivity contribution in [3.63, 3.8) is 0 Å². The summed E-state index contributed by atoms with van der Waals surface area (Å²) in [5, 5.41) is 8.97. The van der Waals surface area contributed by atoms with Crippen molar-refractivity contribution in [2.75, 3.05) is 5.01 Å². The van der Waals surface area contributed by atoms with Gasteiger partial charge in [-0.3, -0.25) is 0 Å². The van der Waals surface area contributed by atoms with E-state index in [0.717, 1.165) is 40.4 Å². The fourth-order valence-corrected chi connectivity index (χ4v) is 6.53. The highest BCUT2D eigenvalue weighted by Crippen LogP contribution is 2.47. The molecule has 0 saturated heterocycles. The van der Waals surface area contributed by atoms with Crippen LogP contribution in [-0.2, 0) is 0 Å². The van der Waals surface area contributed by atoms with Gasteiger partial charge in [-0.05, 0) is 54.2 Å². The molecule has 7 rings (SSSR count). The third kappa shape index (κ3) is 4.07. The molecular formula is C32H25N3O2S. The van der Waals surface area contributed by atoms with E-state index in [9.17, 15) is 4.79 Å². The number of fused-ring (bicyclic) bond motifs is 2. The number of anilines is 1. The lowest BCUT2D eigenvalue weighted by Crippen LogP contribution is -2.27. The van der Waals surface area contributed by atoms with Crippen LogP contribution in [0, 0.1) is 5.92 Å². The van der Waals surface area contributed by atoms with E-state index in [1.54, 1.807) is 6.20 Å². The van der Waals surface area contributed by atoms with Gasteiger partial charge in [-0.15, -0.1) is 0 Å². The summed E-state index contributed by atoms with van der Waals surface area (Å²) >= 11 is 1.48. The number of nitrogens with zero attached hydrogens (tertiary/aromatic N) is 3. The third-order valence-electron chi connectivity index (χ3n) is 7.38. The molecular weight excluding hydrogens is 490 g/mol. The Bertz CT molecular complexity index is 1740. The van der Waals surface area contributed by atoms with Crippen molar-refractivity contribution < 1.29 is 4.42 Å². The van der Waals surface area contributed by atoms with Crippen molar-refractivity contribution in [3.05, 3.63) is 124 Å². The highest BCUT2D eigenvalue weighted by molar-refractivity contribution is 7.18. The number of allylic oxidation sites excluding steroid dienone is 1. The molecule has 3 heterocycles. The smallest absolute Gasteiger partial charge is 0.345 e. The van der Waals surface area contributed by atoms with Gasteiger partial charge >= 0.3 is 5.63 Å². The predicted octanol–water partition coefficient (Wildman–Crippen LogP) is 7.72. The number of para-hydroxylation sites is 1. The number of thiazole rings is 1. The van der Waals surface area contributed by atoms with E-state index < -0.39 is 0 Å². The molecule has 1 saturated carbocycles. The number of hydrogen-bond acceptors (Lipinski definition) is 6. The maximum absolute atomic E-state index is 12.8. The van der Waals surface area contributed by atoms with Gasteiger partial charge in [0, 0.05) is 17.5 Å². The fraction of sp³-hybridized carbons (Fsp3) is 0.156. The van der Waals surface area contributed by atoms with Gasteiger partial charge in [0.15, 0.2) is 0 Å². The number of benzene rings is 3.